The van der Waals surface area contributed by atoms with E-state index in [9.17, 15) is 4.79 Å². The molecule has 7 nitrogen and oxygen atoms in total. The number of rotatable bonds is 6. The van der Waals surface area contributed by atoms with Gasteiger partial charge in [0.05, 0.1) is 6.21 Å². The van der Waals surface area contributed by atoms with Gasteiger partial charge < -0.3 is 15.6 Å². The molecule has 1 aromatic heterocycles. The molecule has 110 valence electrons. The number of hydrogen-bond donors (Lipinski definition) is 3. The number of nitrogens with zero attached hydrogens (tertiary/aromatic N) is 2. The fourth-order valence-corrected chi connectivity index (χ4v) is 2.11. The van der Waals surface area contributed by atoms with Crippen LogP contribution in [0.3, 0.4) is 0 Å². The first-order valence-corrected chi connectivity index (χ1v) is 6.94. The minimum Gasteiger partial charge on any atom is -0.481 e. The summed E-state index contributed by atoms with van der Waals surface area (Å²) in [6.45, 7) is -0.446. The number of hydrogen-bond acceptors (Lipinski definition) is 7. The molecule has 0 bridgehead atoms. The van der Waals surface area contributed by atoms with Gasteiger partial charge in [0, 0.05) is 16.0 Å². The second-order valence-electron chi connectivity index (χ2n) is 3.81. The number of nitrogen functional groups attached to an aromatic ring is 1. The Morgan fingerprint density at radius 3 is 3.10 bits per heavy atom. The van der Waals surface area contributed by atoms with Gasteiger partial charge in [-0.15, -0.1) is 11.3 Å². The Balaban J connectivity index is 2.09. The average molecular weight is 327 g/mol. The highest BCUT2D eigenvalue weighted by atomic mass is 35.5. The number of benzene rings is 1. The summed E-state index contributed by atoms with van der Waals surface area (Å²) in [6, 6.07) is 4.79. The molecule has 1 aromatic carbocycles. The second-order valence-corrected chi connectivity index (χ2v) is 5.11. The van der Waals surface area contributed by atoms with Gasteiger partial charge in [0.15, 0.2) is 6.61 Å². The normalized spacial score (nSPS) is 10.7. The molecule has 0 aliphatic rings. The van der Waals surface area contributed by atoms with E-state index >= 15 is 0 Å². The van der Waals surface area contributed by atoms with Crippen molar-refractivity contribution in [1.29, 1.82) is 0 Å². The first-order chi connectivity index (χ1) is 10.0. The van der Waals surface area contributed by atoms with E-state index in [2.05, 4.69) is 15.5 Å². The van der Waals surface area contributed by atoms with Crippen LogP contribution in [0.5, 0.6) is 5.75 Å². The Morgan fingerprint density at radius 1 is 1.62 bits per heavy atom. The van der Waals surface area contributed by atoms with Crippen LogP contribution in [0.4, 0.5) is 10.9 Å². The molecule has 2 rings (SSSR count). The summed E-state index contributed by atoms with van der Waals surface area (Å²) in [5.74, 6) is -0.291. The van der Waals surface area contributed by atoms with Crippen LogP contribution >= 0.6 is 22.9 Å². The van der Waals surface area contributed by atoms with E-state index < -0.39 is 12.6 Å². The number of carboxylic acid groups (broad SMARTS) is 1. The zero-order chi connectivity index (χ0) is 15.2. The Bertz CT molecular complexity index is 674. The Hall–Kier alpha value is -2.32. The summed E-state index contributed by atoms with van der Waals surface area (Å²) >= 11 is 7.21. The molecule has 0 saturated heterocycles. The first-order valence-electron chi connectivity index (χ1n) is 5.69. The molecule has 21 heavy (non-hydrogen) atoms. The number of aliphatic carboxylic acids is 1. The lowest BCUT2D eigenvalue weighted by Gasteiger charge is -2.07. The molecule has 9 heteroatoms. The summed E-state index contributed by atoms with van der Waals surface area (Å²) in [5, 5.41) is 15.3. The quantitative estimate of drug-likeness (QED) is 0.555. The second kappa shape index (κ2) is 6.91. The van der Waals surface area contributed by atoms with E-state index in [0.717, 1.165) is 0 Å². The number of aromatic nitrogens is 1. The zero-order valence-electron chi connectivity index (χ0n) is 10.6. The lowest BCUT2D eigenvalue weighted by atomic mass is 10.2. The number of halogens is 1. The molecule has 0 radical (unpaired) electrons. The van der Waals surface area contributed by atoms with Crippen molar-refractivity contribution >= 4 is 46.1 Å². The molecule has 0 aliphatic heterocycles. The van der Waals surface area contributed by atoms with E-state index in [1.807, 2.05) is 0 Å². The average Bonchev–Trinajstić information content (AvgIpc) is 2.83. The summed E-state index contributed by atoms with van der Waals surface area (Å²) in [5.41, 5.74) is 8.74. The number of ether oxygens (including phenoxy) is 1. The van der Waals surface area contributed by atoms with Crippen molar-refractivity contribution in [3.05, 3.63) is 34.2 Å². The third-order valence-electron chi connectivity index (χ3n) is 2.21. The topological polar surface area (TPSA) is 110 Å². The summed E-state index contributed by atoms with van der Waals surface area (Å²) < 4.78 is 5.15. The van der Waals surface area contributed by atoms with Crippen molar-refractivity contribution in [2.45, 2.75) is 0 Å². The number of thiazole rings is 1. The van der Waals surface area contributed by atoms with Gasteiger partial charge >= 0.3 is 5.97 Å². The Morgan fingerprint density at radius 2 is 2.43 bits per heavy atom. The molecule has 0 saturated carbocycles. The van der Waals surface area contributed by atoms with Crippen LogP contribution in [-0.2, 0) is 4.79 Å². The van der Waals surface area contributed by atoms with E-state index in [4.69, 9.17) is 27.2 Å². The Labute approximate surface area is 129 Å². The molecule has 2 aromatic rings. The summed E-state index contributed by atoms with van der Waals surface area (Å²) in [6.07, 6.45) is 1.46. The number of carbonyl (C=O) groups is 1. The highest BCUT2D eigenvalue weighted by Crippen LogP contribution is 2.22. The SMILES string of the molecule is Nc1csc(NN=Cc2cc(Cl)ccc2OCC(=O)O)n1. The van der Waals surface area contributed by atoms with Gasteiger partial charge in [-0.3, -0.25) is 5.43 Å². The van der Waals surface area contributed by atoms with Gasteiger partial charge in [0.2, 0.25) is 5.13 Å². The fourth-order valence-electron chi connectivity index (χ4n) is 1.39. The molecule has 4 N–H and O–H groups in total. The lowest BCUT2D eigenvalue weighted by Crippen LogP contribution is -2.10. The molecular formula is C12H11ClN4O3S. The van der Waals surface area contributed by atoms with Gasteiger partial charge in [-0.1, -0.05) is 11.6 Å². The van der Waals surface area contributed by atoms with E-state index in [-0.39, 0.29) is 0 Å². The van der Waals surface area contributed by atoms with Crippen molar-refractivity contribution in [3.8, 4) is 5.75 Å². The minimum absolute atomic E-state index is 0.367. The van der Waals surface area contributed by atoms with Crippen LogP contribution in [0.1, 0.15) is 5.56 Å². The van der Waals surface area contributed by atoms with Crippen molar-refractivity contribution in [1.82, 2.24) is 4.98 Å². The van der Waals surface area contributed by atoms with Gasteiger partial charge in [0.1, 0.15) is 11.6 Å². The minimum atomic E-state index is -1.07. The molecule has 0 spiro atoms. The smallest absolute Gasteiger partial charge is 0.341 e. The maximum Gasteiger partial charge on any atom is 0.341 e. The lowest BCUT2D eigenvalue weighted by molar-refractivity contribution is -0.139. The van der Waals surface area contributed by atoms with Gasteiger partial charge in [-0.2, -0.15) is 5.10 Å². The maximum absolute atomic E-state index is 10.5. The van der Waals surface area contributed by atoms with Crippen LogP contribution in [0.15, 0.2) is 28.7 Å². The van der Waals surface area contributed by atoms with E-state index in [0.29, 0.717) is 27.3 Å². The molecule has 0 aliphatic carbocycles. The van der Waals surface area contributed by atoms with E-state index in [1.54, 1.807) is 23.6 Å². The highest BCUT2D eigenvalue weighted by Gasteiger charge is 2.05. The molecule has 0 unspecified atom stereocenters. The van der Waals surface area contributed by atoms with Crippen molar-refractivity contribution < 1.29 is 14.6 Å². The van der Waals surface area contributed by atoms with Crippen LogP contribution in [0.25, 0.3) is 0 Å². The van der Waals surface area contributed by atoms with Gasteiger partial charge in [0.25, 0.3) is 0 Å². The Kier molecular flexibility index (Phi) is 4.96. The van der Waals surface area contributed by atoms with Crippen molar-refractivity contribution in [2.24, 2.45) is 5.10 Å². The van der Waals surface area contributed by atoms with Gasteiger partial charge in [-0.25, -0.2) is 9.78 Å². The highest BCUT2D eigenvalue weighted by molar-refractivity contribution is 7.14. The molecule has 0 amide bonds. The predicted octanol–water partition coefficient (Wildman–Crippen LogP) is 2.29. The van der Waals surface area contributed by atoms with Crippen LogP contribution in [0.2, 0.25) is 5.02 Å². The molecular weight excluding hydrogens is 316 g/mol. The fraction of sp³-hybridized carbons (Fsp3) is 0.0833. The van der Waals surface area contributed by atoms with Crippen molar-refractivity contribution in [3.63, 3.8) is 0 Å². The van der Waals surface area contributed by atoms with Crippen molar-refractivity contribution in [2.75, 3.05) is 17.8 Å². The zero-order valence-corrected chi connectivity index (χ0v) is 12.2. The predicted molar refractivity (Wildman–Crippen MR) is 82.3 cm³/mol. The standard InChI is InChI=1S/C12H11ClN4O3S/c13-8-1-2-9(20-5-11(18)19)7(3-8)4-15-17-12-16-10(14)6-21-12/h1-4,6H,5,14H2,(H,16,17)(H,18,19). The molecule has 0 fully saturated rings. The number of hydrazone groups is 1. The molecule has 1 heterocycles. The largest absolute Gasteiger partial charge is 0.481 e. The summed E-state index contributed by atoms with van der Waals surface area (Å²) in [4.78, 5) is 14.5. The van der Waals surface area contributed by atoms with Crippen LogP contribution in [0, 0.1) is 0 Å². The van der Waals surface area contributed by atoms with E-state index in [1.165, 1.54) is 17.6 Å². The summed E-state index contributed by atoms with van der Waals surface area (Å²) in [7, 11) is 0. The number of anilines is 2. The van der Waals surface area contributed by atoms with Crippen LogP contribution < -0.4 is 15.9 Å². The van der Waals surface area contributed by atoms with Crippen LogP contribution in [-0.4, -0.2) is 28.9 Å². The third-order valence-corrected chi connectivity index (χ3v) is 3.21. The number of carboxylic acids is 1. The number of nitrogens with one attached hydrogen (secondary N) is 1. The first kappa shape index (κ1) is 15.1. The maximum atomic E-state index is 10.5. The third kappa shape index (κ3) is 4.62. The monoisotopic (exact) mass is 326 g/mol. The van der Waals surface area contributed by atoms with Gasteiger partial charge in [-0.05, 0) is 18.2 Å². The number of nitrogens with two attached hydrogens (primary N) is 1. The molecule has 0 atom stereocenters.